The Kier molecular flexibility index (Phi) is 4.27. The van der Waals surface area contributed by atoms with E-state index in [0.717, 1.165) is 10.5 Å². The normalized spacial score (nSPS) is 22.1. The van der Waals surface area contributed by atoms with Crippen molar-refractivity contribution >= 4 is 5.91 Å². The maximum atomic E-state index is 12.7. The molecule has 0 bridgehead atoms. The minimum absolute atomic E-state index is 0.0558. The predicted molar refractivity (Wildman–Crippen MR) is 73.8 cm³/mol. The Hall–Kier alpha value is -1.56. The molecule has 1 aliphatic heterocycles. The molecule has 0 aromatic heterocycles. The zero-order valence-electron chi connectivity index (χ0n) is 12.1. The molecular weight excluding hydrogens is 281 g/mol. The Bertz CT molecular complexity index is 499. The molecule has 3 nitrogen and oxygen atoms in total. The van der Waals surface area contributed by atoms with E-state index < -0.39 is 17.6 Å². The van der Waals surface area contributed by atoms with Crippen molar-refractivity contribution in [3.63, 3.8) is 0 Å². The number of benzene rings is 1. The first-order valence-corrected chi connectivity index (χ1v) is 6.86. The molecule has 1 unspecified atom stereocenters. The van der Waals surface area contributed by atoms with Gasteiger partial charge in [0.15, 0.2) is 0 Å². The van der Waals surface area contributed by atoms with Crippen molar-refractivity contribution in [1.82, 2.24) is 10.2 Å². The van der Waals surface area contributed by atoms with Crippen LogP contribution in [0.15, 0.2) is 30.3 Å². The van der Waals surface area contributed by atoms with Gasteiger partial charge in [0, 0.05) is 19.1 Å². The summed E-state index contributed by atoms with van der Waals surface area (Å²) in [4.78, 5) is 12.5. The number of rotatable bonds is 2. The second-order valence-electron chi connectivity index (χ2n) is 5.99. The van der Waals surface area contributed by atoms with Gasteiger partial charge in [-0.2, -0.15) is 13.2 Å². The molecule has 2 rings (SSSR count). The number of amides is 1. The number of hydrogen-bond donors (Lipinski definition) is 1. The maximum absolute atomic E-state index is 12.7. The van der Waals surface area contributed by atoms with Crippen LogP contribution in [-0.2, 0) is 11.2 Å². The highest BCUT2D eigenvalue weighted by Gasteiger charge is 2.48. The van der Waals surface area contributed by atoms with Crippen molar-refractivity contribution in [3.8, 4) is 0 Å². The quantitative estimate of drug-likeness (QED) is 0.909. The van der Waals surface area contributed by atoms with Gasteiger partial charge in [0.25, 0.3) is 0 Å². The molecule has 1 aromatic carbocycles. The van der Waals surface area contributed by atoms with Crippen LogP contribution in [0, 0.1) is 0 Å². The van der Waals surface area contributed by atoms with Crippen molar-refractivity contribution in [2.45, 2.75) is 38.0 Å². The summed E-state index contributed by atoms with van der Waals surface area (Å²) in [5.41, 5.74) is 0.189. The van der Waals surface area contributed by atoms with Crippen molar-refractivity contribution in [3.05, 3.63) is 35.9 Å². The lowest BCUT2D eigenvalue weighted by Gasteiger charge is -2.46. The number of halogens is 3. The highest BCUT2D eigenvalue weighted by molar-refractivity contribution is 5.82. The Morgan fingerprint density at radius 3 is 2.52 bits per heavy atom. The van der Waals surface area contributed by atoms with Crippen LogP contribution in [0.1, 0.15) is 19.4 Å². The van der Waals surface area contributed by atoms with Gasteiger partial charge in [-0.25, -0.2) is 0 Å². The molecule has 1 amide bonds. The molecule has 21 heavy (non-hydrogen) atoms. The fourth-order valence-corrected chi connectivity index (χ4v) is 2.57. The summed E-state index contributed by atoms with van der Waals surface area (Å²) in [6.07, 6.45) is -4.23. The summed E-state index contributed by atoms with van der Waals surface area (Å²) in [6, 6.07) is 9.35. The molecule has 0 aliphatic carbocycles. The number of carbonyl (C=O) groups is 1. The van der Waals surface area contributed by atoms with Gasteiger partial charge in [-0.3, -0.25) is 4.79 Å². The summed E-state index contributed by atoms with van der Waals surface area (Å²) >= 11 is 0. The molecule has 1 atom stereocenters. The first-order chi connectivity index (χ1) is 9.70. The third kappa shape index (κ3) is 3.75. The largest absolute Gasteiger partial charge is 0.471 e. The van der Waals surface area contributed by atoms with Crippen LogP contribution in [-0.4, -0.2) is 41.7 Å². The van der Waals surface area contributed by atoms with Gasteiger partial charge in [0.1, 0.15) is 0 Å². The first kappa shape index (κ1) is 15.8. The van der Waals surface area contributed by atoms with Gasteiger partial charge in [-0.15, -0.1) is 0 Å². The molecule has 1 aromatic rings. The van der Waals surface area contributed by atoms with Crippen molar-refractivity contribution < 1.29 is 18.0 Å². The Morgan fingerprint density at radius 1 is 1.33 bits per heavy atom. The lowest BCUT2D eigenvalue weighted by molar-refractivity contribution is -0.192. The molecule has 116 valence electrons. The van der Waals surface area contributed by atoms with Crippen LogP contribution in [0.25, 0.3) is 0 Å². The third-order valence-corrected chi connectivity index (χ3v) is 3.77. The molecule has 1 aliphatic rings. The van der Waals surface area contributed by atoms with Gasteiger partial charge in [-0.05, 0) is 25.8 Å². The predicted octanol–water partition coefficient (Wildman–Crippen LogP) is 2.37. The first-order valence-electron chi connectivity index (χ1n) is 6.86. The minimum Gasteiger partial charge on any atom is -0.327 e. The zero-order chi connectivity index (χ0) is 15.7. The highest BCUT2D eigenvalue weighted by atomic mass is 19.4. The van der Waals surface area contributed by atoms with Gasteiger partial charge in [0.2, 0.25) is 0 Å². The van der Waals surface area contributed by atoms with Crippen molar-refractivity contribution in [1.29, 1.82) is 0 Å². The average molecular weight is 300 g/mol. The number of hydrogen-bond acceptors (Lipinski definition) is 2. The van der Waals surface area contributed by atoms with E-state index in [-0.39, 0.29) is 12.6 Å². The van der Waals surface area contributed by atoms with E-state index in [9.17, 15) is 18.0 Å². The van der Waals surface area contributed by atoms with E-state index in [1.54, 1.807) is 13.8 Å². The van der Waals surface area contributed by atoms with Crippen LogP contribution < -0.4 is 5.32 Å². The standard InChI is InChI=1S/C15H19F3N2O/c1-14(2)10-19-12(8-11-6-4-3-5-7-11)9-20(14)13(21)15(16,17)18/h3-7,12,19H,8-10H2,1-2H3. The molecule has 0 radical (unpaired) electrons. The highest BCUT2D eigenvalue weighted by Crippen LogP contribution is 2.27. The SMILES string of the molecule is CC1(C)CNC(Cc2ccccc2)CN1C(=O)C(F)(F)F. The lowest BCUT2D eigenvalue weighted by Crippen LogP contribution is -2.66. The van der Waals surface area contributed by atoms with Crippen LogP contribution in [0.5, 0.6) is 0 Å². The second-order valence-corrected chi connectivity index (χ2v) is 5.99. The number of alkyl halides is 3. The van der Waals surface area contributed by atoms with E-state index in [1.807, 2.05) is 30.3 Å². The van der Waals surface area contributed by atoms with E-state index in [4.69, 9.17) is 0 Å². The fourth-order valence-electron chi connectivity index (χ4n) is 2.57. The summed E-state index contributed by atoms with van der Waals surface area (Å²) in [7, 11) is 0. The van der Waals surface area contributed by atoms with E-state index >= 15 is 0 Å². The molecule has 1 heterocycles. The van der Waals surface area contributed by atoms with Gasteiger partial charge < -0.3 is 10.2 Å². The summed E-state index contributed by atoms with van der Waals surface area (Å²) in [5, 5.41) is 3.23. The van der Waals surface area contributed by atoms with Gasteiger partial charge >= 0.3 is 12.1 Å². The fraction of sp³-hybridized carbons (Fsp3) is 0.533. The van der Waals surface area contributed by atoms with Gasteiger partial charge in [0.05, 0.1) is 5.54 Å². The van der Waals surface area contributed by atoms with Crippen LogP contribution in [0.4, 0.5) is 13.2 Å². The number of carbonyl (C=O) groups excluding carboxylic acids is 1. The summed E-state index contributed by atoms with van der Waals surface area (Å²) in [5.74, 6) is -1.76. The van der Waals surface area contributed by atoms with Crippen LogP contribution in [0.3, 0.4) is 0 Å². The summed E-state index contributed by atoms with van der Waals surface area (Å²) in [6.45, 7) is 3.68. The monoisotopic (exact) mass is 300 g/mol. The van der Waals surface area contributed by atoms with Crippen LogP contribution >= 0.6 is 0 Å². The maximum Gasteiger partial charge on any atom is 0.471 e. The Morgan fingerprint density at radius 2 is 1.95 bits per heavy atom. The minimum atomic E-state index is -4.83. The molecule has 1 saturated heterocycles. The van der Waals surface area contributed by atoms with Crippen LogP contribution in [0.2, 0.25) is 0 Å². The van der Waals surface area contributed by atoms with E-state index in [0.29, 0.717) is 13.0 Å². The molecule has 6 heteroatoms. The Balaban J connectivity index is 2.11. The number of nitrogens with zero attached hydrogens (tertiary/aromatic N) is 1. The zero-order valence-corrected chi connectivity index (χ0v) is 12.1. The summed E-state index contributed by atoms with van der Waals surface area (Å²) < 4.78 is 38.2. The van der Waals surface area contributed by atoms with Crippen molar-refractivity contribution in [2.24, 2.45) is 0 Å². The third-order valence-electron chi connectivity index (χ3n) is 3.77. The molecular formula is C15H19F3N2O. The Labute approximate surface area is 122 Å². The van der Waals surface area contributed by atoms with E-state index in [1.165, 1.54) is 0 Å². The lowest BCUT2D eigenvalue weighted by atomic mass is 9.94. The smallest absolute Gasteiger partial charge is 0.327 e. The average Bonchev–Trinajstić information content (AvgIpc) is 2.40. The van der Waals surface area contributed by atoms with Crippen molar-refractivity contribution in [2.75, 3.05) is 13.1 Å². The topological polar surface area (TPSA) is 32.3 Å². The molecule has 0 spiro atoms. The second kappa shape index (κ2) is 5.67. The van der Waals surface area contributed by atoms with E-state index in [2.05, 4.69) is 5.32 Å². The van der Waals surface area contributed by atoms with Gasteiger partial charge in [-0.1, -0.05) is 30.3 Å². The number of piperazine rings is 1. The molecule has 0 saturated carbocycles. The molecule has 1 fully saturated rings. The number of nitrogens with one attached hydrogen (secondary N) is 1. The molecule has 1 N–H and O–H groups in total.